The molecule has 1 aliphatic heterocycles. The highest BCUT2D eigenvalue weighted by molar-refractivity contribution is 7.90. The number of nitrogens with zero attached hydrogens (tertiary/aromatic N) is 1. The van der Waals surface area contributed by atoms with E-state index in [0.29, 0.717) is 36.3 Å². The molecule has 0 spiro atoms. The lowest BCUT2D eigenvalue weighted by Crippen LogP contribution is -2.07. The Bertz CT molecular complexity index is 1660. The van der Waals surface area contributed by atoms with Crippen LogP contribution >= 0.6 is 0 Å². The van der Waals surface area contributed by atoms with Gasteiger partial charge in [-0.1, -0.05) is 24.3 Å². The van der Waals surface area contributed by atoms with Gasteiger partial charge < -0.3 is 19.3 Å². The van der Waals surface area contributed by atoms with Crippen LogP contribution in [0.4, 0.5) is 0 Å². The standard InChI is InChI=1S/C31H29NO7S/c1-19-11-25(39-29-10-8-26(16-32-29)40(3,35)36)12-20(2)31(19)22-6-4-5-21(13-22)17-37-24-7-9-27-23(14-30(33)34)18-38-28(27)15-24/h4-13,15-16,23H,14,17-18H2,1-3H3,(H,33,34)/t23-/m1/s1. The van der Waals surface area contributed by atoms with Crippen molar-refractivity contribution in [3.05, 3.63) is 95.2 Å². The molecule has 3 aromatic carbocycles. The molecule has 2 heterocycles. The first-order valence-electron chi connectivity index (χ1n) is 12.7. The number of aromatic nitrogens is 1. The molecule has 9 heteroatoms. The van der Waals surface area contributed by atoms with Crippen LogP contribution in [-0.2, 0) is 21.2 Å². The maximum Gasteiger partial charge on any atom is 0.304 e. The van der Waals surface area contributed by atoms with E-state index in [0.717, 1.165) is 39.6 Å². The van der Waals surface area contributed by atoms with Crippen LogP contribution < -0.4 is 14.2 Å². The van der Waals surface area contributed by atoms with Gasteiger partial charge in [0.2, 0.25) is 5.88 Å². The van der Waals surface area contributed by atoms with Gasteiger partial charge in [0.25, 0.3) is 0 Å². The van der Waals surface area contributed by atoms with E-state index in [1.165, 1.54) is 12.3 Å². The highest BCUT2D eigenvalue weighted by atomic mass is 32.2. The van der Waals surface area contributed by atoms with Crippen LogP contribution in [0.25, 0.3) is 11.1 Å². The van der Waals surface area contributed by atoms with Crippen LogP contribution in [0.15, 0.2) is 77.8 Å². The molecule has 0 unspecified atom stereocenters. The second kappa shape index (κ2) is 11.0. The first-order valence-corrected chi connectivity index (χ1v) is 14.6. The third-order valence-corrected chi connectivity index (χ3v) is 7.87. The van der Waals surface area contributed by atoms with E-state index in [1.54, 1.807) is 6.07 Å². The second-order valence-electron chi connectivity index (χ2n) is 9.93. The van der Waals surface area contributed by atoms with Gasteiger partial charge in [0.05, 0.1) is 17.9 Å². The van der Waals surface area contributed by atoms with Gasteiger partial charge in [-0.05, 0) is 72.0 Å². The molecule has 8 nitrogen and oxygen atoms in total. The minimum Gasteiger partial charge on any atom is -0.492 e. The van der Waals surface area contributed by atoms with Gasteiger partial charge in [0.15, 0.2) is 9.84 Å². The third kappa shape index (κ3) is 6.10. The first kappa shape index (κ1) is 27.2. The summed E-state index contributed by atoms with van der Waals surface area (Å²) in [7, 11) is -3.32. The van der Waals surface area contributed by atoms with E-state index in [-0.39, 0.29) is 17.2 Å². The van der Waals surface area contributed by atoms with Crippen molar-refractivity contribution in [3.63, 3.8) is 0 Å². The lowest BCUT2D eigenvalue weighted by atomic mass is 9.94. The molecule has 0 saturated heterocycles. The number of sulfone groups is 1. The van der Waals surface area contributed by atoms with Crippen molar-refractivity contribution in [1.82, 2.24) is 4.98 Å². The number of hydrogen-bond acceptors (Lipinski definition) is 7. The van der Waals surface area contributed by atoms with E-state index in [1.807, 2.05) is 56.3 Å². The Labute approximate surface area is 233 Å². The molecule has 0 fully saturated rings. The van der Waals surface area contributed by atoms with Gasteiger partial charge in [-0.3, -0.25) is 4.79 Å². The fraction of sp³-hybridized carbons (Fsp3) is 0.226. The van der Waals surface area contributed by atoms with E-state index in [4.69, 9.17) is 19.3 Å². The summed E-state index contributed by atoms with van der Waals surface area (Å²) >= 11 is 0. The predicted molar refractivity (Wildman–Crippen MR) is 150 cm³/mol. The van der Waals surface area contributed by atoms with Gasteiger partial charge >= 0.3 is 5.97 Å². The largest absolute Gasteiger partial charge is 0.492 e. The van der Waals surface area contributed by atoms with Crippen molar-refractivity contribution in [3.8, 4) is 34.3 Å². The number of carboxylic acid groups (broad SMARTS) is 1. The minimum atomic E-state index is -3.32. The summed E-state index contributed by atoms with van der Waals surface area (Å²) < 4.78 is 41.0. The molecule has 0 bridgehead atoms. The molecular weight excluding hydrogens is 530 g/mol. The Hall–Kier alpha value is -4.37. The Morgan fingerprint density at radius 1 is 1.02 bits per heavy atom. The van der Waals surface area contributed by atoms with Gasteiger partial charge in [-0.25, -0.2) is 13.4 Å². The summed E-state index contributed by atoms with van der Waals surface area (Å²) in [5.41, 5.74) is 6.07. The monoisotopic (exact) mass is 559 g/mol. The molecule has 0 aliphatic carbocycles. The summed E-state index contributed by atoms with van der Waals surface area (Å²) in [6, 6.07) is 20.6. The lowest BCUT2D eigenvalue weighted by Gasteiger charge is -2.15. The van der Waals surface area contributed by atoms with Gasteiger partial charge in [-0.2, -0.15) is 0 Å². The van der Waals surface area contributed by atoms with E-state index >= 15 is 0 Å². The molecule has 1 atom stereocenters. The SMILES string of the molecule is Cc1cc(Oc2ccc(S(C)(=O)=O)cn2)cc(C)c1-c1cccc(COc2ccc3c(c2)OC[C@H]3CC(=O)O)c1. The number of rotatable bonds is 9. The summed E-state index contributed by atoms with van der Waals surface area (Å²) in [6.07, 6.45) is 2.47. The van der Waals surface area contributed by atoms with Gasteiger partial charge in [-0.15, -0.1) is 0 Å². The van der Waals surface area contributed by atoms with Crippen LogP contribution in [0.5, 0.6) is 23.1 Å². The van der Waals surface area contributed by atoms with E-state index in [9.17, 15) is 13.2 Å². The Kier molecular flexibility index (Phi) is 7.49. The van der Waals surface area contributed by atoms with Crippen molar-refractivity contribution in [2.75, 3.05) is 12.9 Å². The van der Waals surface area contributed by atoms with Crippen molar-refractivity contribution in [2.24, 2.45) is 0 Å². The molecule has 4 aromatic rings. The summed E-state index contributed by atoms with van der Waals surface area (Å²) in [5, 5.41) is 9.10. The predicted octanol–water partition coefficient (Wildman–Crippen LogP) is 6.09. The third-order valence-electron chi connectivity index (χ3n) is 6.77. The minimum absolute atomic E-state index is 0.0430. The fourth-order valence-corrected chi connectivity index (χ4v) is 5.47. The number of fused-ring (bicyclic) bond motifs is 1. The van der Waals surface area contributed by atoms with Crippen LogP contribution in [-0.4, -0.2) is 37.3 Å². The van der Waals surface area contributed by atoms with Crippen LogP contribution in [0.1, 0.15) is 34.6 Å². The van der Waals surface area contributed by atoms with Gasteiger partial charge in [0.1, 0.15) is 23.9 Å². The normalized spacial score (nSPS) is 14.3. The molecule has 1 aliphatic rings. The molecule has 206 valence electrons. The number of benzene rings is 3. The fourth-order valence-electron chi connectivity index (χ4n) is 4.92. The zero-order chi connectivity index (χ0) is 28.4. The number of ether oxygens (including phenoxy) is 3. The second-order valence-corrected chi connectivity index (χ2v) is 11.9. The first-order chi connectivity index (χ1) is 19.1. The highest BCUT2D eigenvalue weighted by Crippen LogP contribution is 2.38. The molecule has 1 aromatic heterocycles. The molecule has 0 radical (unpaired) electrons. The van der Waals surface area contributed by atoms with Crippen molar-refractivity contribution in [2.45, 2.75) is 37.7 Å². The number of hydrogen-bond donors (Lipinski definition) is 1. The number of pyridine rings is 1. The maximum absolute atomic E-state index is 11.7. The Balaban J connectivity index is 1.29. The molecule has 0 saturated carbocycles. The number of carbonyl (C=O) groups is 1. The Morgan fingerprint density at radius 3 is 2.48 bits per heavy atom. The summed E-state index contributed by atoms with van der Waals surface area (Å²) in [6.45, 7) is 4.75. The molecular formula is C31H29NO7S. The average Bonchev–Trinajstić information content (AvgIpc) is 3.28. The molecule has 1 N–H and O–H groups in total. The Morgan fingerprint density at radius 2 is 1.80 bits per heavy atom. The van der Waals surface area contributed by atoms with Crippen LogP contribution in [0.2, 0.25) is 0 Å². The number of carboxylic acids is 1. The topological polar surface area (TPSA) is 112 Å². The summed E-state index contributed by atoms with van der Waals surface area (Å²) in [5.74, 6) is 1.28. The summed E-state index contributed by atoms with van der Waals surface area (Å²) in [4.78, 5) is 15.4. The molecule has 5 rings (SSSR count). The average molecular weight is 560 g/mol. The number of aliphatic carboxylic acids is 1. The van der Waals surface area contributed by atoms with Crippen molar-refractivity contribution in [1.29, 1.82) is 0 Å². The van der Waals surface area contributed by atoms with E-state index in [2.05, 4.69) is 17.1 Å². The van der Waals surface area contributed by atoms with Crippen molar-refractivity contribution >= 4 is 15.8 Å². The van der Waals surface area contributed by atoms with Crippen LogP contribution in [0, 0.1) is 13.8 Å². The van der Waals surface area contributed by atoms with Gasteiger partial charge in [0, 0.05) is 36.1 Å². The van der Waals surface area contributed by atoms with Crippen LogP contribution in [0.3, 0.4) is 0 Å². The number of aryl methyl sites for hydroxylation is 2. The van der Waals surface area contributed by atoms with Crippen molar-refractivity contribution < 1.29 is 32.5 Å². The lowest BCUT2D eigenvalue weighted by molar-refractivity contribution is -0.137. The molecule has 40 heavy (non-hydrogen) atoms. The van der Waals surface area contributed by atoms with E-state index < -0.39 is 15.8 Å². The zero-order valence-electron chi connectivity index (χ0n) is 22.4. The highest BCUT2D eigenvalue weighted by Gasteiger charge is 2.26. The zero-order valence-corrected chi connectivity index (χ0v) is 23.2. The molecule has 0 amide bonds. The quantitative estimate of drug-likeness (QED) is 0.262. The smallest absolute Gasteiger partial charge is 0.304 e. The maximum atomic E-state index is 11.7.